The molecule has 1 atom stereocenters. The number of hydrogen-bond acceptors (Lipinski definition) is 5. The number of aromatic nitrogens is 1. The van der Waals surface area contributed by atoms with E-state index in [1.54, 1.807) is 11.3 Å². The van der Waals surface area contributed by atoms with Crippen molar-refractivity contribution in [1.82, 2.24) is 15.6 Å². The van der Waals surface area contributed by atoms with Crippen LogP contribution in [0.5, 0.6) is 0 Å². The number of thiazole rings is 1. The van der Waals surface area contributed by atoms with Crippen molar-refractivity contribution >= 4 is 27.1 Å². The van der Waals surface area contributed by atoms with Crippen molar-refractivity contribution < 1.29 is 8.42 Å². The molecule has 132 valence electrons. The summed E-state index contributed by atoms with van der Waals surface area (Å²) in [6.45, 7) is 7.49. The van der Waals surface area contributed by atoms with Gasteiger partial charge in [0.1, 0.15) is 9.84 Å². The Morgan fingerprint density at radius 3 is 2.74 bits per heavy atom. The van der Waals surface area contributed by atoms with Crippen LogP contribution < -0.4 is 10.6 Å². The highest BCUT2D eigenvalue weighted by molar-refractivity contribution is 7.90. The zero-order valence-corrected chi connectivity index (χ0v) is 16.1. The molecule has 0 bridgehead atoms. The Morgan fingerprint density at radius 2 is 2.17 bits per heavy atom. The summed E-state index contributed by atoms with van der Waals surface area (Å²) in [6.07, 6.45) is 3.60. The maximum absolute atomic E-state index is 11.2. The van der Waals surface area contributed by atoms with Gasteiger partial charge in [0, 0.05) is 37.2 Å². The Balaban J connectivity index is 2.48. The Hall–Kier alpha value is -1.15. The maximum atomic E-state index is 11.2. The molecular weight excluding hydrogens is 332 g/mol. The molecule has 8 heteroatoms. The lowest BCUT2D eigenvalue weighted by atomic mass is 10.3. The second-order valence-electron chi connectivity index (χ2n) is 5.56. The van der Waals surface area contributed by atoms with Gasteiger partial charge in [-0.3, -0.25) is 4.99 Å². The van der Waals surface area contributed by atoms with Crippen molar-refractivity contribution in [1.29, 1.82) is 0 Å². The van der Waals surface area contributed by atoms with Crippen molar-refractivity contribution in [2.24, 2.45) is 4.99 Å². The first-order chi connectivity index (χ1) is 10.8. The number of guanidine groups is 1. The quantitative estimate of drug-likeness (QED) is 0.516. The second kappa shape index (κ2) is 9.87. The third kappa shape index (κ3) is 8.90. The van der Waals surface area contributed by atoms with Crippen LogP contribution in [0.15, 0.2) is 10.4 Å². The molecule has 0 spiro atoms. The van der Waals surface area contributed by atoms with Crippen LogP contribution in [-0.4, -0.2) is 50.5 Å². The smallest absolute Gasteiger partial charge is 0.191 e. The average Bonchev–Trinajstić information content (AvgIpc) is 2.92. The van der Waals surface area contributed by atoms with Crippen LogP contribution in [-0.2, 0) is 22.7 Å². The van der Waals surface area contributed by atoms with Crippen LogP contribution in [0.4, 0.5) is 0 Å². The number of aliphatic imine (C=N–C) groups is 1. The molecule has 0 aliphatic carbocycles. The normalized spacial score (nSPS) is 13.8. The predicted octanol–water partition coefficient (Wildman–Crippen LogP) is 1.63. The lowest BCUT2D eigenvalue weighted by molar-refractivity contribution is 0.581. The summed E-state index contributed by atoms with van der Waals surface area (Å²) >= 11 is 1.69. The summed E-state index contributed by atoms with van der Waals surface area (Å²) in [5.41, 5.74) is 1.08. The van der Waals surface area contributed by atoms with Crippen LogP contribution in [0.2, 0.25) is 0 Å². The summed E-state index contributed by atoms with van der Waals surface area (Å²) in [5, 5.41) is 9.68. The zero-order valence-electron chi connectivity index (χ0n) is 14.4. The van der Waals surface area contributed by atoms with E-state index in [1.807, 2.05) is 13.8 Å². The summed E-state index contributed by atoms with van der Waals surface area (Å²) in [6, 6.07) is 0.0495. The van der Waals surface area contributed by atoms with E-state index in [1.165, 1.54) is 6.26 Å². The van der Waals surface area contributed by atoms with Gasteiger partial charge in [0.15, 0.2) is 5.96 Å². The molecule has 0 fully saturated rings. The number of rotatable bonds is 9. The van der Waals surface area contributed by atoms with Crippen molar-refractivity contribution in [3.05, 3.63) is 16.1 Å². The van der Waals surface area contributed by atoms with Crippen LogP contribution in [0.1, 0.15) is 37.9 Å². The molecule has 1 aromatic heterocycles. The zero-order chi connectivity index (χ0) is 17.3. The standard InChI is InChI=1S/C15H28N4O2S2/c1-5-14-19-13(11-22-14)7-9-17-15(16-6-2)18-12(3)8-10-23(4,20)21/h11-12H,5-10H2,1-4H3,(H2,16,17,18). The van der Waals surface area contributed by atoms with Crippen molar-refractivity contribution in [3.8, 4) is 0 Å². The lowest BCUT2D eigenvalue weighted by Crippen LogP contribution is -2.43. The van der Waals surface area contributed by atoms with Crippen LogP contribution in [0.3, 0.4) is 0 Å². The minimum absolute atomic E-state index is 0.0495. The number of sulfone groups is 1. The molecule has 1 aromatic rings. The summed E-state index contributed by atoms with van der Waals surface area (Å²) in [4.78, 5) is 9.07. The topological polar surface area (TPSA) is 83.4 Å². The molecule has 0 amide bonds. The van der Waals surface area contributed by atoms with E-state index < -0.39 is 9.84 Å². The fraction of sp³-hybridized carbons (Fsp3) is 0.733. The molecule has 1 heterocycles. The van der Waals surface area contributed by atoms with E-state index >= 15 is 0 Å². The van der Waals surface area contributed by atoms with Crippen LogP contribution in [0.25, 0.3) is 0 Å². The van der Waals surface area contributed by atoms with Gasteiger partial charge in [-0.1, -0.05) is 6.92 Å². The van der Waals surface area contributed by atoms with E-state index in [0.717, 1.165) is 36.0 Å². The highest BCUT2D eigenvalue weighted by atomic mass is 32.2. The van der Waals surface area contributed by atoms with Gasteiger partial charge in [-0.15, -0.1) is 11.3 Å². The van der Waals surface area contributed by atoms with Gasteiger partial charge in [-0.2, -0.15) is 0 Å². The van der Waals surface area contributed by atoms with E-state index in [9.17, 15) is 8.42 Å². The first-order valence-corrected chi connectivity index (χ1v) is 10.9. The largest absolute Gasteiger partial charge is 0.357 e. The SMILES string of the molecule is CCNC(=NCCc1csc(CC)n1)NC(C)CCS(C)(=O)=O. The van der Waals surface area contributed by atoms with Gasteiger partial charge in [0.25, 0.3) is 0 Å². The minimum Gasteiger partial charge on any atom is -0.357 e. The first-order valence-electron chi connectivity index (χ1n) is 7.99. The Morgan fingerprint density at radius 1 is 1.43 bits per heavy atom. The molecule has 0 saturated carbocycles. The molecule has 6 nitrogen and oxygen atoms in total. The molecule has 2 N–H and O–H groups in total. The van der Waals surface area contributed by atoms with Gasteiger partial charge in [0.2, 0.25) is 0 Å². The lowest BCUT2D eigenvalue weighted by Gasteiger charge is -2.17. The number of nitrogens with one attached hydrogen (secondary N) is 2. The summed E-state index contributed by atoms with van der Waals surface area (Å²) in [7, 11) is -2.93. The maximum Gasteiger partial charge on any atom is 0.191 e. The summed E-state index contributed by atoms with van der Waals surface area (Å²) in [5.74, 6) is 0.901. The van der Waals surface area contributed by atoms with E-state index in [2.05, 4.69) is 32.9 Å². The molecule has 0 aliphatic heterocycles. The van der Waals surface area contributed by atoms with Gasteiger partial charge >= 0.3 is 0 Å². The van der Waals surface area contributed by atoms with E-state index in [-0.39, 0.29) is 11.8 Å². The van der Waals surface area contributed by atoms with Gasteiger partial charge < -0.3 is 10.6 Å². The van der Waals surface area contributed by atoms with Crippen molar-refractivity contribution in [3.63, 3.8) is 0 Å². The monoisotopic (exact) mass is 360 g/mol. The second-order valence-corrected chi connectivity index (χ2v) is 8.76. The fourth-order valence-electron chi connectivity index (χ4n) is 1.92. The molecule has 0 radical (unpaired) electrons. The Bertz CT molecular complexity index is 596. The summed E-state index contributed by atoms with van der Waals surface area (Å²) < 4.78 is 22.4. The first kappa shape index (κ1) is 19.9. The van der Waals surface area contributed by atoms with Crippen LogP contribution in [0, 0.1) is 0 Å². The van der Waals surface area contributed by atoms with Gasteiger partial charge in [-0.05, 0) is 26.7 Å². The van der Waals surface area contributed by atoms with Gasteiger partial charge in [-0.25, -0.2) is 13.4 Å². The predicted molar refractivity (Wildman–Crippen MR) is 98.1 cm³/mol. The number of aryl methyl sites for hydroxylation is 1. The third-order valence-electron chi connectivity index (χ3n) is 3.19. The van der Waals surface area contributed by atoms with Crippen LogP contribution >= 0.6 is 11.3 Å². The Labute approximate surface area is 143 Å². The molecule has 1 unspecified atom stereocenters. The van der Waals surface area contributed by atoms with E-state index in [4.69, 9.17) is 0 Å². The molecule has 1 rings (SSSR count). The van der Waals surface area contributed by atoms with Crippen molar-refractivity contribution in [2.75, 3.05) is 25.1 Å². The minimum atomic E-state index is -2.93. The molecular formula is C15H28N4O2S2. The molecule has 0 saturated heterocycles. The highest BCUT2D eigenvalue weighted by Crippen LogP contribution is 2.10. The molecule has 0 aliphatic rings. The Kier molecular flexibility index (Phi) is 8.54. The average molecular weight is 361 g/mol. The van der Waals surface area contributed by atoms with Gasteiger partial charge in [0.05, 0.1) is 16.5 Å². The molecule has 23 heavy (non-hydrogen) atoms. The van der Waals surface area contributed by atoms with Crippen molar-refractivity contribution in [2.45, 2.75) is 46.1 Å². The van der Waals surface area contributed by atoms with E-state index in [0.29, 0.717) is 13.0 Å². The number of nitrogens with zero attached hydrogens (tertiary/aromatic N) is 2. The molecule has 0 aromatic carbocycles. The number of hydrogen-bond donors (Lipinski definition) is 2. The third-order valence-corrected chi connectivity index (χ3v) is 5.21. The highest BCUT2D eigenvalue weighted by Gasteiger charge is 2.09. The fourth-order valence-corrected chi connectivity index (χ4v) is 3.49.